The Morgan fingerprint density at radius 3 is 2.50 bits per heavy atom. The Balaban J connectivity index is 1.84. The Morgan fingerprint density at radius 2 is 1.96 bits per heavy atom. The fourth-order valence-electron chi connectivity index (χ4n) is 3.92. The lowest BCUT2D eigenvalue weighted by atomic mass is 9.74. The van der Waals surface area contributed by atoms with Crippen molar-refractivity contribution in [1.82, 2.24) is 9.88 Å². The SMILES string of the molecule is CC(C)(C)OC(=O)N1C2CCCC1CC(O)(c1cccc(F)n1)C2. The second kappa shape index (κ2) is 5.99. The van der Waals surface area contributed by atoms with Crippen LogP contribution in [0.4, 0.5) is 9.18 Å². The van der Waals surface area contributed by atoms with Crippen LogP contribution in [-0.2, 0) is 10.3 Å². The van der Waals surface area contributed by atoms with E-state index in [1.807, 2.05) is 20.8 Å². The van der Waals surface area contributed by atoms with Crippen molar-refractivity contribution in [2.75, 3.05) is 0 Å². The lowest BCUT2D eigenvalue weighted by Gasteiger charge is -2.51. The van der Waals surface area contributed by atoms with E-state index in [9.17, 15) is 14.3 Å². The predicted molar refractivity (Wildman–Crippen MR) is 86.8 cm³/mol. The summed E-state index contributed by atoms with van der Waals surface area (Å²) in [5, 5.41) is 11.1. The van der Waals surface area contributed by atoms with Gasteiger partial charge in [0.2, 0.25) is 5.95 Å². The summed E-state index contributed by atoms with van der Waals surface area (Å²) in [6.07, 6.45) is 3.03. The molecule has 0 aromatic carbocycles. The zero-order valence-electron chi connectivity index (χ0n) is 14.5. The molecule has 0 aliphatic carbocycles. The molecule has 0 radical (unpaired) electrons. The standard InChI is InChI=1S/C18H25FN2O3/c1-17(2,3)24-16(22)21-12-6-4-7-13(21)11-18(23,10-12)14-8-5-9-15(19)20-14/h5,8-9,12-13,23H,4,6-7,10-11H2,1-3H3. The number of piperidine rings is 2. The maximum absolute atomic E-state index is 13.5. The summed E-state index contributed by atoms with van der Waals surface area (Å²) in [5.41, 5.74) is -1.40. The van der Waals surface area contributed by atoms with Gasteiger partial charge in [-0.1, -0.05) is 6.07 Å². The molecule has 1 amide bonds. The summed E-state index contributed by atoms with van der Waals surface area (Å²) < 4.78 is 19.0. The minimum Gasteiger partial charge on any atom is -0.444 e. The number of hydrogen-bond donors (Lipinski definition) is 1. The number of ether oxygens (including phenoxy) is 1. The van der Waals surface area contributed by atoms with E-state index >= 15 is 0 Å². The fraction of sp³-hybridized carbons (Fsp3) is 0.667. The molecule has 132 valence electrons. The van der Waals surface area contributed by atoms with Gasteiger partial charge in [0.05, 0.1) is 5.69 Å². The number of aromatic nitrogens is 1. The summed E-state index contributed by atoms with van der Waals surface area (Å²) in [7, 11) is 0. The Morgan fingerprint density at radius 1 is 1.33 bits per heavy atom. The van der Waals surface area contributed by atoms with Crippen LogP contribution in [0.15, 0.2) is 18.2 Å². The first-order valence-electron chi connectivity index (χ1n) is 8.55. The number of fused-ring (bicyclic) bond motifs is 2. The molecule has 6 heteroatoms. The number of aliphatic hydroxyl groups is 1. The van der Waals surface area contributed by atoms with Crippen LogP contribution in [-0.4, -0.2) is 38.8 Å². The van der Waals surface area contributed by atoms with Gasteiger partial charge in [-0.25, -0.2) is 9.78 Å². The van der Waals surface area contributed by atoms with Crippen LogP contribution in [0.5, 0.6) is 0 Å². The van der Waals surface area contributed by atoms with E-state index in [4.69, 9.17) is 4.74 Å². The van der Waals surface area contributed by atoms with E-state index in [1.165, 1.54) is 6.07 Å². The third-order valence-electron chi connectivity index (χ3n) is 4.80. The van der Waals surface area contributed by atoms with Crippen molar-refractivity contribution in [2.45, 2.75) is 76.2 Å². The quantitative estimate of drug-likeness (QED) is 0.799. The summed E-state index contributed by atoms with van der Waals surface area (Å²) in [6, 6.07) is 4.27. The maximum atomic E-state index is 13.5. The van der Waals surface area contributed by atoms with Crippen LogP contribution in [0, 0.1) is 5.95 Å². The topological polar surface area (TPSA) is 62.7 Å². The predicted octanol–water partition coefficient (Wildman–Crippen LogP) is 3.36. The van der Waals surface area contributed by atoms with Gasteiger partial charge in [-0.05, 0) is 52.2 Å². The summed E-state index contributed by atoms with van der Waals surface area (Å²) in [4.78, 5) is 18.2. The zero-order valence-corrected chi connectivity index (χ0v) is 14.5. The number of pyridine rings is 1. The van der Waals surface area contributed by atoms with E-state index in [1.54, 1.807) is 17.0 Å². The average Bonchev–Trinajstić information content (AvgIpc) is 2.44. The first-order chi connectivity index (χ1) is 11.2. The maximum Gasteiger partial charge on any atom is 0.410 e. The highest BCUT2D eigenvalue weighted by atomic mass is 19.1. The van der Waals surface area contributed by atoms with E-state index < -0.39 is 17.1 Å². The molecule has 2 fully saturated rings. The molecule has 2 aliphatic rings. The van der Waals surface area contributed by atoms with Crippen LogP contribution in [0.25, 0.3) is 0 Å². The van der Waals surface area contributed by atoms with Crippen molar-refractivity contribution in [1.29, 1.82) is 0 Å². The molecule has 2 bridgehead atoms. The lowest BCUT2D eigenvalue weighted by molar-refractivity contribution is -0.0987. The highest BCUT2D eigenvalue weighted by Gasteiger charge is 2.49. The first kappa shape index (κ1) is 17.1. The zero-order chi connectivity index (χ0) is 17.5. The molecule has 0 saturated carbocycles. The number of amides is 1. The lowest BCUT2D eigenvalue weighted by Crippen LogP contribution is -2.59. The van der Waals surface area contributed by atoms with Crippen molar-refractivity contribution in [3.63, 3.8) is 0 Å². The molecular formula is C18H25FN2O3. The summed E-state index contributed by atoms with van der Waals surface area (Å²) in [6.45, 7) is 5.53. The van der Waals surface area contributed by atoms with Crippen molar-refractivity contribution < 1.29 is 19.0 Å². The molecule has 2 saturated heterocycles. The number of rotatable bonds is 1. The normalized spacial score (nSPS) is 30.1. The van der Waals surface area contributed by atoms with Gasteiger partial charge in [0.15, 0.2) is 0 Å². The molecule has 1 N–H and O–H groups in total. The molecule has 1 aromatic rings. The van der Waals surface area contributed by atoms with Crippen molar-refractivity contribution in [2.24, 2.45) is 0 Å². The van der Waals surface area contributed by atoms with Gasteiger partial charge in [0.1, 0.15) is 11.2 Å². The van der Waals surface area contributed by atoms with Crippen LogP contribution in [0.2, 0.25) is 0 Å². The molecule has 2 aliphatic heterocycles. The molecule has 1 aromatic heterocycles. The Hall–Kier alpha value is -1.69. The molecule has 2 atom stereocenters. The second-order valence-corrected chi connectivity index (χ2v) is 7.91. The highest BCUT2D eigenvalue weighted by molar-refractivity contribution is 5.69. The van der Waals surface area contributed by atoms with Gasteiger partial charge in [-0.15, -0.1) is 0 Å². The van der Waals surface area contributed by atoms with Crippen molar-refractivity contribution in [3.05, 3.63) is 29.8 Å². The summed E-state index contributed by atoms with van der Waals surface area (Å²) >= 11 is 0. The smallest absolute Gasteiger partial charge is 0.410 e. The molecule has 5 nitrogen and oxygen atoms in total. The number of hydrogen-bond acceptors (Lipinski definition) is 4. The van der Waals surface area contributed by atoms with Gasteiger partial charge in [-0.3, -0.25) is 0 Å². The second-order valence-electron chi connectivity index (χ2n) is 7.91. The van der Waals surface area contributed by atoms with Gasteiger partial charge >= 0.3 is 6.09 Å². The molecule has 24 heavy (non-hydrogen) atoms. The van der Waals surface area contributed by atoms with Gasteiger partial charge < -0.3 is 14.7 Å². The van der Waals surface area contributed by atoms with Crippen LogP contribution in [0.1, 0.15) is 58.6 Å². The van der Waals surface area contributed by atoms with Gasteiger partial charge in [-0.2, -0.15) is 4.39 Å². The molecule has 3 heterocycles. The Labute approximate surface area is 141 Å². The van der Waals surface area contributed by atoms with Gasteiger partial charge in [0.25, 0.3) is 0 Å². The van der Waals surface area contributed by atoms with E-state index in [0.717, 1.165) is 19.3 Å². The van der Waals surface area contributed by atoms with E-state index in [2.05, 4.69) is 4.98 Å². The number of carbonyl (C=O) groups is 1. The van der Waals surface area contributed by atoms with Crippen LogP contribution in [0.3, 0.4) is 0 Å². The van der Waals surface area contributed by atoms with Crippen molar-refractivity contribution >= 4 is 6.09 Å². The van der Waals surface area contributed by atoms with Gasteiger partial charge in [0, 0.05) is 24.9 Å². The third-order valence-corrected chi connectivity index (χ3v) is 4.80. The average molecular weight is 336 g/mol. The van der Waals surface area contributed by atoms with E-state index in [-0.39, 0.29) is 18.2 Å². The fourth-order valence-corrected chi connectivity index (χ4v) is 3.92. The number of nitrogens with zero attached hydrogens (tertiary/aromatic N) is 2. The van der Waals surface area contributed by atoms with E-state index in [0.29, 0.717) is 18.5 Å². The first-order valence-corrected chi connectivity index (χ1v) is 8.55. The number of carbonyl (C=O) groups excluding carboxylic acids is 1. The van der Waals surface area contributed by atoms with Crippen molar-refractivity contribution in [3.8, 4) is 0 Å². The van der Waals surface area contributed by atoms with Crippen LogP contribution < -0.4 is 0 Å². The van der Waals surface area contributed by atoms with Crippen LogP contribution >= 0.6 is 0 Å². The molecular weight excluding hydrogens is 311 g/mol. The third kappa shape index (κ3) is 3.38. The summed E-state index contributed by atoms with van der Waals surface area (Å²) in [5.74, 6) is -0.597. The molecule has 2 unspecified atom stereocenters. The minimum atomic E-state index is -1.20. The minimum absolute atomic E-state index is 0.109. The Kier molecular flexibility index (Phi) is 4.28. The monoisotopic (exact) mass is 336 g/mol. The molecule has 3 rings (SSSR count). The Bertz CT molecular complexity index is 615. The largest absolute Gasteiger partial charge is 0.444 e. The highest BCUT2D eigenvalue weighted by Crippen LogP contribution is 2.44. The molecule has 0 spiro atoms. The number of halogens is 1.